The van der Waals surface area contributed by atoms with Crippen molar-refractivity contribution in [1.82, 2.24) is 0 Å². The standard InChI is InChI=1S/C14H18BrNO2S/c15-12-8-10(16)2-3-13(12)19(17)11-4-7-18-14(9-11)5-1-6-14/h2-3,8,11H,1,4-7,9,16H2. The first-order chi connectivity index (χ1) is 9.10. The van der Waals surface area contributed by atoms with E-state index < -0.39 is 10.8 Å². The highest BCUT2D eigenvalue weighted by Gasteiger charge is 2.44. The van der Waals surface area contributed by atoms with Crippen LogP contribution in [0.15, 0.2) is 27.6 Å². The molecule has 5 heteroatoms. The molecule has 104 valence electrons. The van der Waals surface area contributed by atoms with Crippen LogP contribution in [0.2, 0.25) is 0 Å². The summed E-state index contributed by atoms with van der Waals surface area (Å²) in [5.41, 5.74) is 6.46. The third kappa shape index (κ3) is 2.60. The largest absolute Gasteiger partial charge is 0.399 e. The molecule has 0 amide bonds. The maximum absolute atomic E-state index is 12.7. The highest BCUT2D eigenvalue weighted by Crippen LogP contribution is 2.44. The zero-order chi connectivity index (χ0) is 13.5. The Morgan fingerprint density at radius 3 is 2.84 bits per heavy atom. The van der Waals surface area contributed by atoms with Crippen LogP contribution in [-0.2, 0) is 15.5 Å². The average molecular weight is 344 g/mol. The minimum Gasteiger partial charge on any atom is -0.399 e. The number of ether oxygens (including phenoxy) is 1. The van der Waals surface area contributed by atoms with Gasteiger partial charge in [0, 0.05) is 22.0 Å². The maximum Gasteiger partial charge on any atom is 0.0694 e. The molecule has 1 aromatic rings. The van der Waals surface area contributed by atoms with Crippen LogP contribution in [0.25, 0.3) is 0 Å². The van der Waals surface area contributed by atoms with Crippen LogP contribution < -0.4 is 5.73 Å². The first-order valence-corrected chi connectivity index (χ1v) is 8.70. The van der Waals surface area contributed by atoms with Gasteiger partial charge in [-0.2, -0.15) is 0 Å². The van der Waals surface area contributed by atoms with E-state index >= 15 is 0 Å². The van der Waals surface area contributed by atoms with Crippen molar-refractivity contribution in [2.75, 3.05) is 12.3 Å². The van der Waals surface area contributed by atoms with Crippen molar-refractivity contribution in [3.63, 3.8) is 0 Å². The second-order valence-electron chi connectivity index (χ2n) is 5.49. The van der Waals surface area contributed by atoms with Crippen LogP contribution in [0.1, 0.15) is 32.1 Å². The predicted molar refractivity (Wildman–Crippen MR) is 80.5 cm³/mol. The molecular formula is C14H18BrNO2S. The van der Waals surface area contributed by atoms with Gasteiger partial charge in [0.05, 0.1) is 21.3 Å². The number of anilines is 1. The summed E-state index contributed by atoms with van der Waals surface area (Å²) in [6.45, 7) is 0.739. The lowest BCUT2D eigenvalue weighted by Crippen LogP contribution is -2.48. The Balaban J connectivity index is 1.79. The Morgan fingerprint density at radius 1 is 1.42 bits per heavy atom. The third-order valence-electron chi connectivity index (χ3n) is 4.19. The minimum atomic E-state index is -0.986. The van der Waals surface area contributed by atoms with Gasteiger partial charge in [0.2, 0.25) is 0 Å². The van der Waals surface area contributed by atoms with Crippen LogP contribution in [0.4, 0.5) is 5.69 Å². The van der Waals surface area contributed by atoms with Crippen molar-refractivity contribution in [2.45, 2.75) is 47.9 Å². The van der Waals surface area contributed by atoms with Gasteiger partial charge in [0.1, 0.15) is 0 Å². The van der Waals surface area contributed by atoms with E-state index in [1.165, 1.54) is 6.42 Å². The van der Waals surface area contributed by atoms with E-state index in [0.717, 1.165) is 41.7 Å². The predicted octanol–water partition coefficient (Wildman–Crippen LogP) is 3.24. The molecule has 3 nitrogen and oxygen atoms in total. The van der Waals surface area contributed by atoms with Crippen molar-refractivity contribution < 1.29 is 8.95 Å². The topological polar surface area (TPSA) is 52.3 Å². The van der Waals surface area contributed by atoms with E-state index in [2.05, 4.69) is 15.9 Å². The Kier molecular flexibility index (Phi) is 3.71. The average Bonchev–Trinajstić information content (AvgIpc) is 2.36. The van der Waals surface area contributed by atoms with Gasteiger partial charge in [-0.1, -0.05) is 0 Å². The summed E-state index contributed by atoms with van der Waals surface area (Å²) in [7, 11) is -0.986. The Bertz CT molecular complexity index is 516. The number of benzene rings is 1. The summed E-state index contributed by atoms with van der Waals surface area (Å²) in [6.07, 6.45) is 5.31. The Labute approximate surface area is 124 Å². The van der Waals surface area contributed by atoms with Crippen LogP contribution in [-0.4, -0.2) is 21.7 Å². The molecule has 0 radical (unpaired) electrons. The molecule has 3 rings (SSSR count). The van der Waals surface area contributed by atoms with Crippen LogP contribution >= 0.6 is 15.9 Å². The summed E-state index contributed by atoms with van der Waals surface area (Å²) in [5.74, 6) is 0. The van der Waals surface area contributed by atoms with Crippen molar-refractivity contribution in [1.29, 1.82) is 0 Å². The van der Waals surface area contributed by atoms with Gasteiger partial charge >= 0.3 is 0 Å². The monoisotopic (exact) mass is 343 g/mol. The van der Waals surface area contributed by atoms with Gasteiger partial charge in [0.15, 0.2) is 0 Å². The fourth-order valence-electron chi connectivity index (χ4n) is 2.94. The molecular weight excluding hydrogens is 326 g/mol. The summed E-state index contributed by atoms with van der Waals surface area (Å²) in [6, 6.07) is 5.51. The molecule has 1 aliphatic heterocycles. The molecule has 0 bridgehead atoms. The summed E-state index contributed by atoms with van der Waals surface area (Å²) >= 11 is 3.47. The third-order valence-corrected chi connectivity index (χ3v) is 6.90. The fraction of sp³-hybridized carbons (Fsp3) is 0.571. The van der Waals surface area contributed by atoms with Crippen molar-refractivity contribution in [3.8, 4) is 0 Å². The maximum atomic E-state index is 12.7. The molecule has 0 aromatic heterocycles. The number of hydrogen-bond acceptors (Lipinski definition) is 3. The number of hydrogen-bond donors (Lipinski definition) is 1. The molecule has 1 aromatic carbocycles. The molecule has 1 saturated carbocycles. The smallest absolute Gasteiger partial charge is 0.0694 e. The molecule has 2 unspecified atom stereocenters. The van der Waals surface area contributed by atoms with Crippen molar-refractivity contribution >= 4 is 32.4 Å². The molecule has 1 heterocycles. The molecule has 19 heavy (non-hydrogen) atoms. The van der Waals surface area contributed by atoms with E-state index in [1.807, 2.05) is 18.2 Å². The van der Waals surface area contributed by atoms with E-state index in [4.69, 9.17) is 10.5 Å². The molecule has 2 fully saturated rings. The van der Waals surface area contributed by atoms with E-state index in [1.54, 1.807) is 0 Å². The van der Waals surface area contributed by atoms with E-state index in [9.17, 15) is 4.21 Å². The number of halogens is 1. The molecule has 2 aliphatic rings. The fourth-order valence-corrected chi connectivity index (χ4v) is 5.40. The van der Waals surface area contributed by atoms with Gasteiger partial charge < -0.3 is 10.5 Å². The van der Waals surface area contributed by atoms with Gasteiger partial charge in [0.25, 0.3) is 0 Å². The highest BCUT2D eigenvalue weighted by molar-refractivity contribution is 9.10. The van der Waals surface area contributed by atoms with Gasteiger partial charge in [-0.15, -0.1) is 0 Å². The minimum absolute atomic E-state index is 0.0405. The first-order valence-electron chi connectivity index (χ1n) is 6.69. The van der Waals surface area contributed by atoms with E-state index in [0.29, 0.717) is 5.69 Å². The molecule has 1 aliphatic carbocycles. The zero-order valence-corrected chi connectivity index (χ0v) is 13.1. The number of nitrogen functional groups attached to an aromatic ring is 1. The molecule has 2 atom stereocenters. The zero-order valence-electron chi connectivity index (χ0n) is 10.7. The number of nitrogens with two attached hydrogens (primary N) is 1. The lowest BCUT2D eigenvalue weighted by molar-refractivity contribution is -0.125. The number of rotatable bonds is 2. The van der Waals surface area contributed by atoms with Crippen LogP contribution in [0, 0.1) is 0 Å². The van der Waals surface area contributed by atoms with E-state index in [-0.39, 0.29) is 10.9 Å². The van der Waals surface area contributed by atoms with Crippen LogP contribution in [0.5, 0.6) is 0 Å². The van der Waals surface area contributed by atoms with Gasteiger partial charge in [-0.3, -0.25) is 4.21 Å². The second-order valence-corrected chi connectivity index (χ2v) is 8.04. The summed E-state index contributed by atoms with van der Waals surface area (Å²) in [5, 5.41) is 0.203. The van der Waals surface area contributed by atoms with Crippen molar-refractivity contribution in [3.05, 3.63) is 22.7 Å². The second kappa shape index (κ2) is 5.19. The quantitative estimate of drug-likeness (QED) is 0.838. The Morgan fingerprint density at radius 2 is 2.21 bits per heavy atom. The highest BCUT2D eigenvalue weighted by atomic mass is 79.9. The first kappa shape index (κ1) is 13.6. The normalized spacial score (nSPS) is 26.9. The van der Waals surface area contributed by atoms with Gasteiger partial charge in [-0.05, 0) is 66.2 Å². The SMILES string of the molecule is Nc1ccc(S(=O)C2CCOC3(CCC3)C2)c(Br)c1. The van der Waals surface area contributed by atoms with Gasteiger partial charge in [-0.25, -0.2) is 0 Å². The molecule has 1 spiro atoms. The lowest BCUT2D eigenvalue weighted by atomic mass is 9.75. The Hall–Kier alpha value is -0.390. The lowest BCUT2D eigenvalue weighted by Gasteiger charge is -2.46. The van der Waals surface area contributed by atoms with Crippen molar-refractivity contribution in [2.24, 2.45) is 0 Å². The summed E-state index contributed by atoms with van der Waals surface area (Å²) < 4.78 is 19.5. The molecule has 1 saturated heterocycles. The van der Waals surface area contributed by atoms with Crippen LogP contribution in [0.3, 0.4) is 0 Å². The molecule has 2 N–H and O–H groups in total. The summed E-state index contributed by atoms with van der Waals surface area (Å²) in [4.78, 5) is 0.857.